The van der Waals surface area contributed by atoms with Crippen molar-refractivity contribution in [2.45, 2.75) is 24.4 Å². The lowest BCUT2D eigenvalue weighted by Crippen LogP contribution is -2.49. The van der Waals surface area contributed by atoms with Crippen LogP contribution in [0.15, 0.2) is 54.6 Å². The highest BCUT2D eigenvalue weighted by atomic mass is 35.5. The number of anilines is 1. The van der Waals surface area contributed by atoms with Crippen molar-refractivity contribution in [2.24, 2.45) is 0 Å². The molecule has 2 aromatic rings. The number of rotatable bonds is 3. The molecule has 0 N–H and O–H groups in total. The van der Waals surface area contributed by atoms with E-state index in [2.05, 4.69) is 0 Å². The van der Waals surface area contributed by atoms with E-state index in [1.807, 2.05) is 54.6 Å². The number of nitrogens with zero attached hydrogens (tertiary/aromatic N) is 1. The van der Waals surface area contributed by atoms with Crippen molar-refractivity contribution < 1.29 is 9.53 Å². The Morgan fingerprint density at radius 1 is 1.14 bits per heavy atom. The number of carbonyl (C=O) groups is 1. The Morgan fingerprint density at radius 3 is 2.59 bits per heavy atom. The number of ether oxygens (including phenoxy) is 1. The normalized spacial score (nSPS) is 20.4. The first-order chi connectivity index (χ1) is 10.6. The van der Waals surface area contributed by atoms with E-state index < -0.39 is 11.0 Å². The number of hydrogen-bond donors (Lipinski definition) is 0. The molecule has 0 aromatic heterocycles. The van der Waals surface area contributed by atoms with Crippen LogP contribution in [0.5, 0.6) is 0 Å². The Morgan fingerprint density at radius 2 is 1.82 bits per heavy atom. The maximum Gasteiger partial charge on any atom is 0.349 e. The van der Waals surface area contributed by atoms with Crippen molar-refractivity contribution in [1.82, 2.24) is 0 Å². The van der Waals surface area contributed by atoms with Gasteiger partial charge in [0.05, 0.1) is 5.69 Å². The summed E-state index contributed by atoms with van der Waals surface area (Å²) in [5.74, 6) is -0.525. The lowest BCUT2D eigenvalue weighted by Gasteiger charge is -2.38. The van der Waals surface area contributed by atoms with E-state index in [4.69, 9.17) is 28.1 Å². The second-order valence-corrected chi connectivity index (χ2v) is 6.19. The summed E-state index contributed by atoms with van der Waals surface area (Å²) in [6, 6.07) is 17.1. The van der Waals surface area contributed by atoms with Gasteiger partial charge in [-0.2, -0.15) is 0 Å². The average Bonchev–Trinajstić information content (AvgIpc) is 2.57. The van der Waals surface area contributed by atoms with Gasteiger partial charge in [-0.3, -0.25) is 4.42 Å². The highest BCUT2D eigenvalue weighted by molar-refractivity contribution is 6.43. The number of alkyl halides is 1. The van der Waals surface area contributed by atoms with Crippen LogP contribution in [-0.2, 0) is 22.6 Å². The van der Waals surface area contributed by atoms with Crippen LogP contribution in [0.1, 0.15) is 17.5 Å². The number of para-hydroxylation sites is 1. The molecule has 0 radical (unpaired) electrons. The molecule has 2 aromatic carbocycles. The highest BCUT2D eigenvalue weighted by Gasteiger charge is 2.46. The maximum absolute atomic E-state index is 12.4. The molecule has 0 saturated carbocycles. The predicted octanol–water partition coefficient (Wildman–Crippen LogP) is 4.27. The summed E-state index contributed by atoms with van der Waals surface area (Å²) in [4.78, 5) is 11.1. The molecular formula is C17H15Cl2NO2. The second kappa shape index (κ2) is 6.19. The van der Waals surface area contributed by atoms with Crippen LogP contribution in [0.3, 0.4) is 0 Å². The Kier molecular flexibility index (Phi) is 4.27. The molecule has 0 aliphatic carbocycles. The van der Waals surface area contributed by atoms with Crippen LogP contribution >= 0.6 is 23.4 Å². The van der Waals surface area contributed by atoms with Crippen molar-refractivity contribution >= 4 is 35.0 Å². The molecule has 5 heteroatoms. The summed E-state index contributed by atoms with van der Waals surface area (Å²) in [5.41, 5.74) is 2.74. The van der Waals surface area contributed by atoms with E-state index in [-0.39, 0.29) is 6.61 Å². The van der Waals surface area contributed by atoms with Gasteiger partial charge >= 0.3 is 5.97 Å². The van der Waals surface area contributed by atoms with Crippen molar-refractivity contribution in [3.8, 4) is 0 Å². The van der Waals surface area contributed by atoms with Crippen molar-refractivity contribution in [3.05, 3.63) is 65.7 Å². The first-order valence-corrected chi connectivity index (χ1v) is 7.77. The summed E-state index contributed by atoms with van der Waals surface area (Å²) >= 11 is 12.8. The lowest BCUT2D eigenvalue weighted by atomic mass is 9.97. The number of aryl methyl sites for hydroxylation is 1. The number of halogens is 2. The number of benzene rings is 2. The first-order valence-electron chi connectivity index (χ1n) is 7.05. The second-order valence-electron chi connectivity index (χ2n) is 5.23. The highest BCUT2D eigenvalue weighted by Crippen LogP contribution is 2.41. The third kappa shape index (κ3) is 2.79. The maximum atomic E-state index is 12.4. The zero-order valence-electron chi connectivity index (χ0n) is 11.8. The summed E-state index contributed by atoms with van der Waals surface area (Å²) in [6.07, 6.45) is 1.09. The van der Waals surface area contributed by atoms with Crippen LogP contribution in [0.25, 0.3) is 0 Å². The smallest absolute Gasteiger partial charge is 0.349 e. The summed E-state index contributed by atoms with van der Waals surface area (Å²) in [5, 5.41) is 0. The lowest BCUT2D eigenvalue weighted by molar-refractivity contribution is -0.148. The van der Waals surface area contributed by atoms with Gasteiger partial charge in [-0.15, -0.1) is 0 Å². The Balaban J connectivity index is 1.75. The molecule has 0 bridgehead atoms. The van der Waals surface area contributed by atoms with Crippen molar-refractivity contribution in [3.63, 3.8) is 0 Å². The van der Waals surface area contributed by atoms with Gasteiger partial charge in [0.15, 0.2) is 0 Å². The number of carbonyl (C=O) groups excluding carboxylic acids is 1. The van der Waals surface area contributed by atoms with Gasteiger partial charge in [0.1, 0.15) is 6.61 Å². The third-order valence-corrected chi connectivity index (χ3v) is 4.83. The van der Waals surface area contributed by atoms with E-state index in [1.165, 1.54) is 4.42 Å². The molecular weight excluding hydrogens is 321 g/mol. The van der Waals surface area contributed by atoms with Gasteiger partial charge in [-0.05, 0) is 23.6 Å². The van der Waals surface area contributed by atoms with Gasteiger partial charge in [0.25, 0.3) is 0 Å². The molecule has 1 aliphatic heterocycles. The Bertz CT molecular complexity index is 677. The Labute approximate surface area is 139 Å². The van der Waals surface area contributed by atoms with E-state index in [1.54, 1.807) is 0 Å². The molecule has 1 atom stereocenters. The SMILES string of the molecule is O=C(OCc1ccccc1)C1(Cl)CCc2ccccc2N1Cl. The molecule has 0 amide bonds. The molecule has 1 unspecified atom stereocenters. The van der Waals surface area contributed by atoms with Gasteiger partial charge in [0, 0.05) is 18.2 Å². The van der Waals surface area contributed by atoms with Crippen LogP contribution in [-0.4, -0.2) is 11.0 Å². The molecule has 1 heterocycles. The summed E-state index contributed by atoms with van der Waals surface area (Å²) in [7, 11) is 0. The van der Waals surface area contributed by atoms with Gasteiger partial charge in [-0.1, -0.05) is 60.1 Å². The summed E-state index contributed by atoms with van der Waals surface area (Å²) in [6.45, 7) is 0.181. The summed E-state index contributed by atoms with van der Waals surface area (Å²) < 4.78 is 6.65. The van der Waals surface area contributed by atoms with Gasteiger partial charge in [-0.25, -0.2) is 4.79 Å². The number of hydrogen-bond acceptors (Lipinski definition) is 3. The van der Waals surface area contributed by atoms with Gasteiger partial charge < -0.3 is 4.74 Å². The van der Waals surface area contributed by atoms with Crippen molar-refractivity contribution in [1.29, 1.82) is 0 Å². The monoisotopic (exact) mass is 335 g/mol. The standard InChI is InChI=1S/C17H15Cl2NO2/c18-17(16(21)22-12-13-6-2-1-3-7-13)11-10-14-8-4-5-9-15(14)20(17)19/h1-9H,10-12H2. The average molecular weight is 336 g/mol. The van der Waals surface area contributed by atoms with Gasteiger partial charge in [0.2, 0.25) is 5.00 Å². The molecule has 0 spiro atoms. The zero-order valence-corrected chi connectivity index (χ0v) is 13.3. The van der Waals surface area contributed by atoms with E-state index in [9.17, 15) is 4.79 Å². The number of fused-ring (bicyclic) bond motifs is 1. The fraction of sp³-hybridized carbons (Fsp3) is 0.235. The fourth-order valence-electron chi connectivity index (χ4n) is 2.52. The predicted molar refractivity (Wildman–Crippen MR) is 87.9 cm³/mol. The topological polar surface area (TPSA) is 29.5 Å². The van der Waals surface area contributed by atoms with E-state index in [0.29, 0.717) is 12.8 Å². The van der Waals surface area contributed by atoms with Crippen LogP contribution in [0.2, 0.25) is 0 Å². The minimum atomic E-state index is -1.37. The molecule has 3 nitrogen and oxygen atoms in total. The largest absolute Gasteiger partial charge is 0.458 e. The molecule has 1 aliphatic rings. The van der Waals surface area contributed by atoms with E-state index in [0.717, 1.165) is 16.8 Å². The molecule has 0 saturated heterocycles. The number of esters is 1. The van der Waals surface area contributed by atoms with Crippen LogP contribution < -0.4 is 4.42 Å². The van der Waals surface area contributed by atoms with Crippen molar-refractivity contribution in [2.75, 3.05) is 4.42 Å². The minimum Gasteiger partial charge on any atom is -0.458 e. The molecule has 114 valence electrons. The molecule has 22 heavy (non-hydrogen) atoms. The zero-order chi connectivity index (χ0) is 15.6. The Hall–Kier alpha value is -1.71. The van der Waals surface area contributed by atoms with Crippen LogP contribution in [0, 0.1) is 0 Å². The van der Waals surface area contributed by atoms with E-state index >= 15 is 0 Å². The van der Waals surface area contributed by atoms with Crippen LogP contribution in [0.4, 0.5) is 5.69 Å². The molecule has 0 fully saturated rings. The first kappa shape index (κ1) is 15.2. The quantitative estimate of drug-likeness (QED) is 0.363. The minimum absolute atomic E-state index is 0.181. The third-order valence-electron chi connectivity index (χ3n) is 3.77. The fourth-order valence-corrected chi connectivity index (χ4v) is 3.08. The molecule has 3 rings (SSSR count).